The van der Waals surface area contributed by atoms with Crippen molar-refractivity contribution in [2.24, 2.45) is 0 Å². The van der Waals surface area contributed by atoms with Crippen LogP contribution in [-0.4, -0.2) is 39.4 Å². The first-order valence-electron chi connectivity index (χ1n) is 11.5. The van der Waals surface area contributed by atoms with E-state index in [0.717, 1.165) is 37.4 Å². The van der Waals surface area contributed by atoms with Crippen molar-refractivity contribution < 1.29 is 9.47 Å². The molecule has 0 radical (unpaired) electrons. The molecule has 2 N–H and O–H groups in total. The summed E-state index contributed by atoms with van der Waals surface area (Å²) in [5.41, 5.74) is 2.77. The predicted octanol–water partition coefficient (Wildman–Crippen LogP) is 4.76. The van der Waals surface area contributed by atoms with Crippen LogP contribution >= 0.6 is 0 Å². The van der Waals surface area contributed by atoms with E-state index in [4.69, 9.17) is 9.47 Å². The van der Waals surface area contributed by atoms with Crippen molar-refractivity contribution in [2.45, 2.75) is 63.5 Å². The van der Waals surface area contributed by atoms with Gasteiger partial charge in [0.2, 0.25) is 0 Å². The van der Waals surface area contributed by atoms with Crippen LogP contribution in [0.3, 0.4) is 0 Å². The van der Waals surface area contributed by atoms with Crippen molar-refractivity contribution in [1.82, 2.24) is 10.6 Å². The molecule has 0 aliphatic heterocycles. The fourth-order valence-corrected chi connectivity index (χ4v) is 4.36. The number of hydrogen-bond acceptors (Lipinski definition) is 4. The lowest BCUT2D eigenvalue weighted by molar-refractivity contribution is 0.283. The van der Waals surface area contributed by atoms with E-state index in [-0.39, 0.29) is 0 Å². The second-order valence-corrected chi connectivity index (χ2v) is 8.31. The fourth-order valence-electron chi connectivity index (χ4n) is 4.36. The molecule has 3 rings (SSSR count). The number of benzene rings is 2. The zero-order valence-corrected chi connectivity index (χ0v) is 18.7. The molecule has 0 heterocycles. The van der Waals surface area contributed by atoms with E-state index in [2.05, 4.69) is 59.2 Å². The first-order valence-corrected chi connectivity index (χ1v) is 11.5. The molecule has 1 fully saturated rings. The lowest BCUT2D eigenvalue weighted by atomic mass is 9.90. The normalized spacial score (nSPS) is 18.9. The van der Waals surface area contributed by atoms with E-state index >= 15 is 0 Å². The Morgan fingerprint density at radius 2 is 1.07 bits per heavy atom. The molecular weight excluding hydrogens is 372 g/mol. The molecule has 4 nitrogen and oxygen atoms in total. The zero-order chi connectivity index (χ0) is 21.0. The highest BCUT2D eigenvalue weighted by molar-refractivity contribution is 5.27. The maximum atomic E-state index is 5.24. The van der Waals surface area contributed by atoms with E-state index in [1.165, 1.54) is 49.7 Å². The number of rotatable bonds is 12. The Labute approximate surface area is 182 Å². The maximum absolute atomic E-state index is 5.24. The molecule has 30 heavy (non-hydrogen) atoms. The summed E-state index contributed by atoms with van der Waals surface area (Å²) in [7, 11) is 3.43. The maximum Gasteiger partial charge on any atom is 0.118 e. The highest BCUT2D eigenvalue weighted by Crippen LogP contribution is 2.19. The molecule has 2 aromatic carbocycles. The first-order chi connectivity index (χ1) is 14.8. The molecule has 0 spiro atoms. The summed E-state index contributed by atoms with van der Waals surface area (Å²) < 4.78 is 10.5. The van der Waals surface area contributed by atoms with Crippen molar-refractivity contribution >= 4 is 0 Å². The largest absolute Gasteiger partial charge is 0.497 e. The molecular formula is C26H38N2O2. The fraction of sp³-hybridized carbons (Fsp3) is 0.538. The first kappa shape index (κ1) is 22.6. The van der Waals surface area contributed by atoms with Gasteiger partial charge in [-0.3, -0.25) is 0 Å². The van der Waals surface area contributed by atoms with Gasteiger partial charge in [0.15, 0.2) is 0 Å². The van der Waals surface area contributed by atoms with Crippen molar-refractivity contribution in [2.75, 3.05) is 27.3 Å². The van der Waals surface area contributed by atoms with Gasteiger partial charge in [-0.1, -0.05) is 37.1 Å². The molecule has 0 unspecified atom stereocenters. The number of hydrogen-bond donors (Lipinski definition) is 2. The van der Waals surface area contributed by atoms with Crippen molar-refractivity contribution in [1.29, 1.82) is 0 Å². The minimum atomic E-state index is 0.607. The Balaban J connectivity index is 1.33. The van der Waals surface area contributed by atoms with Gasteiger partial charge in [-0.05, 0) is 87.0 Å². The average molecular weight is 411 g/mol. The molecule has 0 bridgehead atoms. The van der Waals surface area contributed by atoms with Crippen LogP contribution in [0.15, 0.2) is 48.5 Å². The van der Waals surface area contributed by atoms with Gasteiger partial charge in [0.05, 0.1) is 14.2 Å². The number of methoxy groups -OCH3 is 2. The summed E-state index contributed by atoms with van der Waals surface area (Å²) in [6.45, 7) is 2.17. The Hall–Kier alpha value is -2.04. The molecule has 2 atom stereocenters. The molecule has 164 valence electrons. The Morgan fingerprint density at radius 1 is 0.667 bits per heavy atom. The average Bonchev–Trinajstić information content (AvgIpc) is 2.81. The van der Waals surface area contributed by atoms with Gasteiger partial charge < -0.3 is 20.1 Å². The third-order valence-electron chi connectivity index (χ3n) is 6.18. The van der Waals surface area contributed by atoms with Gasteiger partial charge in [0, 0.05) is 12.1 Å². The minimum absolute atomic E-state index is 0.607. The number of ether oxygens (including phenoxy) is 2. The molecule has 0 aromatic heterocycles. The van der Waals surface area contributed by atoms with Crippen LogP contribution in [0.25, 0.3) is 0 Å². The summed E-state index contributed by atoms with van der Waals surface area (Å²) in [4.78, 5) is 0. The van der Waals surface area contributed by atoms with Crippen LogP contribution in [0.1, 0.15) is 49.7 Å². The lowest BCUT2D eigenvalue weighted by Gasteiger charge is -2.33. The van der Waals surface area contributed by atoms with E-state index in [9.17, 15) is 0 Å². The molecule has 1 aliphatic carbocycles. The molecule has 1 aliphatic rings. The molecule has 0 saturated heterocycles. The quantitative estimate of drug-likeness (QED) is 0.495. The van der Waals surface area contributed by atoms with Crippen molar-refractivity contribution in [3.05, 3.63) is 59.7 Å². The van der Waals surface area contributed by atoms with E-state index in [0.29, 0.717) is 12.1 Å². The summed E-state index contributed by atoms with van der Waals surface area (Å²) in [5.74, 6) is 1.86. The smallest absolute Gasteiger partial charge is 0.118 e. The third-order valence-corrected chi connectivity index (χ3v) is 6.18. The predicted molar refractivity (Wildman–Crippen MR) is 125 cm³/mol. The van der Waals surface area contributed by atoms with Gasteiger partial charge in [0.1, 0.15) is 11.5 Å². The second-order valence-electron chi connectivity index (χ2n) is 8.31. The molecule has 2 aromatic rings. The zero-order valence-electron chi connectivity index (χ0n) is 18.7. The number of nitrogens with one attached hydrogen (secondary N) is 2. The van der Waals surface area contributed by atoms with E-state index in [1.54, 1.807) is 14.2 Å². The Morgan fingerprint density at radius 3 is 1.43 bits per heavy atom. The van der Waals surface area contributed by atoms with Gasteiger partial charge in [-0.15, -0.1) is 0 Å². The van der Waals surface area contributed by atoms with Gasteiger partial charge in [-0.2, -0.15) is 0 Å². The molecule has 4 heteroatoms. The monoisotopic (exact) mass is 410 g/mol. The standard InChI is InChI=1S/C26H38N2O2/c1-29-23-15-11-21(12-16-23)7-5-19-27-25-9-3-4-10-26(25)28-20-6-8-22-13-17-24(30-2)18-14-22/h11-18,25-28H,3-10,19-20H2,1-2H3/t25-,26-/m1/s1. The Kier molecular flexibility index (Phi) is 9.52. The molecule has 0 amide bonds. The van der Waals surface area contributed by atoms with Crippen molar-refractivity contribution in [3.63, 3.8) is 0 Å². The lowest BCUT2D eigenvalue weighted by Crippen LogP contribution is -2.50. The van der Waals surface area contributed by atoms with Crippen LogP contribution in [0.2, 0.25) is 0 Å². The summed E-state index contributed by atoms with van der Waals surface area (Å²) in [6.07, 6.45) is 9.85. The SMILES string of the molecule is COc1ccc(CCCN[C@@H]2CCCC[C@H]2NCCCc2ccc(OC)cc2)cc1. The Bertz CT molecular complexity index is 651. The summed E-state index contributed by atoms with van der Waals surface area (Å²) in [6, 6.07) is 18.1. The van der Waals surface area contributed by atoms with E-state index < -0.39 is 0 Å². The van der Waals surface area contributed by atoms with Crippen molar-refractivity contribution in [3.8, 4) is 11.5 Å². The highest BCUT2D eigenvalue weighted by atomic mass is 16.5. The van der Waals surface area contributed by atoms with Gasteiger partial charge in [0.25, 0.3) is 0 Å². The van der Waals surface area contributed by atoms with Gasteiger partial charge in [-0.25, -0.2) is 0 Å². The van der Waals surface area contributed by atoms with Crippen LogP contribution in [0.5, 0.6) is 11.5 Å². The van der Waals surface area contributed by atoms with E-state index in [1.807, 2.05) is 0 Å². The second kappa shape index (κ2) is 12.6. The molecule has 1 saturated carbocycles. The van der Waals surface area contributed by atoms with Gasteiger partial charge >= 0.3 is 0 Å². The minimum Gasteiger partial charge on any atom is -0.497 e. The number of aryl methyl sites for hydroxylation is 2. The van der Waals surface area contributed by atoms with Crippen LogP contribution in [0.4, 0.5) is 0 Å². The third kappa shape index (κ3) is 7.33. The van der Waals surface area contributed by atoms with Crippen LogP contribution in [0, 0.1) is 0 Å². The van der Waals surface area contributed by atoms with Crippen LogP contribution in [-0.2, 0) is 12.8 Å². The highest BCUT2D eigenvalue weighted by Gasteiger charge is 2.23. The topological polar surface area (TPSA) is 42.5 Å². The summed E-state index contributed by atoms with van der Waals surface area (Å²) in [5, 5.41) is 7.67. The van der Waals surface area contributed by atoms with Crippen LogP contribution < -0.4 is 20.1 Å². The summed E-state index contributed by atoms with van der Waals surface area (Å²) >= 11 is 0.